The van der Waals surface area contributed by atoms with Crippen LogP contribution in [0.3, 0.4) is 0 Å². The van der Waals surface area contributed by atoms with E-state index in [0.717, 1.165) is 5.92 Å². The molecule has 1 heterocycles. The Morgan fingerprint density at radius 1 is 0.500 bits per heavy atom. The van der Waals surface area contributed by atoms with Crippen LogP contribution in [0.5, 0.6) is 0 Å². The minimum atomic E-state index is 0.888. The Morgan fingerprint density at radius 3 is 1.30 bits per heavy atom. The van der Waals surface area contributed by atoms with Gasteiger partial charge in [-0.2, -0.15) is 0 Å². The number of rotatable bonds is 32. The molecular formula is C38H75N2+. The average molecular weight is 560 g/mol. The Bertz CT molecular complexity index is 604. The van der Waals surface area contributed by atoms with Crippen molar-refractivity contribution in [1.29, 1.82) is 0 Å². The third kappa shape index (κ3) is 25.0. The Hall–Kier alpha value is -0.790. The molecule has 0 saturated carbocycles. The van der Waals surface area contributed by atoms with Crippen molar-refractivity contribution in [3.05, 3.63) is 18.2 Å². The molecule has 0 atom stereocenters. The number of nitrogens with zero attached hydrogens (tertiary/aromatic N) is 1. The maximum atomic E-state index is 3.52. The summed E-state index contributed by atoms with van der Waals surface area (Å²) in [6.07, 6.45) is 47.4. The first-order valence-electron chi connectivity index (χ1n) is 18.8. The van der Waals surface area contributed by atoms with Crippen molar-refractivity contribution in [2.45, 2.75) is 220 Å². The van der Waals surface area contributed by atoms with E-state index in [1.54, 1.807) is 0 Å². The van der Waals surface area contributed by atoms with Gasteiger partial charge in [0.15, 0.2) is 0 Å². The van der Waals surface area contributed by atoms with Gasteiger partial charge in [-0.1, -0.05) is 188 Å². The van der Waals surface area contributed by atoms with E-state index in [2.05, 4.69) is 42.7 Å². The fourth-order valence-electron chi connectivity index (χ4n) is 6.26. The second kappa shape index (κ2) is 29.7. The van der Waals surface area contributed by atoms with E-state index < -0.39 is 0 Å². The van der Waals surface area contributed by atoms with Gasteiger partial charge in [0.1, 0.15) is 12.4 Å². The van der Waals surface area contributed by atoms with Gasteiger partial charge in [0.05, 0.1) is 6.54 Å². The van der Waals surface area contributed by atoms with Gasteiger partial charge in [-0.25, -0.2) is 9.55 Å². The van der Waals surface area contributed by atoms with E-state index in [0.29, 0.717) is 0 Å². The first kappa shape index (κ1) is 37.2. The fraction of sp³-hybridized carbons (Fsp3) is 0.921. The third-order valence-corrected chi connectivity index (χ3v) is 9.05. The van der Waals surface area contributed by atoms with Crippen LogP contribution in [0.4, 0.5) is 0 Å². The van der Waals surface area contributed by atoms with Crippen LogP contribution >= 0.6 is 0 Å². The topological polar surface area (TPSA) is 19.7 Å². The van der Waals surface area contributed by atoms with Crippen molar-refractivity contribution in [3.8, 4) is 0 Å². The summed E-state index contributed by atoms with van der Waals surface area (Å²) in [5.41, 5.74) is 0. The first-order chi connectivity index (χ1) is 19.7. The highest BCUT2D eigenvalue weighted by molar-refractivity contribution is 4.77. The van der Waals surface area contributed by atoms with Crippen LogP contribution in [0.15, 0.2) is 12.4 Å². The number of aromatic amines is 1. The quantitative estimate of drug-likeness (QED) is 0.0669. The number of H-pyrrole nitrogens is 1. The van der Waals surface area contributed by atoms with Crippen LogP contribution in [0.25, 0.3) is 0 Å². The summed E-state index contributed by atoms with van der Waals surface area (Å²) in [7, 11) is 0. The minimum absolute atomic E-state index is 0.888. The minimum Gasteiger partial charge on any atom is -0.248 e. The molecule has 0 bridgehead atoms. The van der Waals surface area contributed by atoms with Crippen LogP contribution in [0.2, 0.25) is 0 Å². The van der Waals surface area contributed by atoms with Crippen molar-refractivity contribution in [2.24, 2.45) is 5.92 Å². The molecule has 0 aliphatic rings. The van der Waals surface area contributed by atoms with Gasteiger partial charge >= 0.3 is 0 Å². The number of hydrogen-bond acceptors (Lipinski definition) is 0. The van der Waals surface area contributed by atoms with E-state index >= 15 is 0 Å². The Morgan fingerprint density at radius 2 is 0.875 bits per heavy atom. The van der Waals surface area contributed by atoms with Crippen LogP contribution in [0, 0.1) is 5.92 Å². The van der Waals surface area contributed by atoms with Crippen LogP contribution in [0.1, 0.15) is 213 Å². The second-order valence-corrected chi connectivity index (χ2v) is 13.6. The molecule has 1 N–H and O–H groups in total. The fourth-order valence-corrected chi connectivity index (χ4v) is 6.26. The summed E-state index contributed by atoms with van der Waals surface area (Å²) in [6.45, 7) is 8.20. The highest BCUT2D eigenvalue weighted by Crippen LogP contribution is 2.16. The summed E-state index contributed by atoms with van der Waals surface area (Å²) >= 11 is 0. The zero-order chi connectivity index (χ0) is 28.8. The molecule has 40 heavy (non-hydrogen) atoms. The van der Waals surface area contributed by atoms with Gasteiger partial charge in [0.25, 0.3) is 5.82 Å². The second-order valence-electron chi connectivity index (χ2n) is 13.6. The summed E-state index contributed by atoms with van der Waals surface area (Å²) in [6, 6.07) is 0. The van der Waals surface area contributed by atoms with E-state index in [4.69, 9.17) is 0 Å². The molecule has 0 aliphatic heterocycles. The molecule has 0 fully saturated rings. The van der Waals surface area contributed by atoms with Crippen molar-refractivity contribution in [2.75, 3.05) is 0 Å². The largest absolute Gasteiger partial charge is 0.254 e. The molecule has 0 unspecified atom stereocenters. The van der Waals surface area contributed by atoms with E-state index in [1.807, 2.05) is 0 Å². The zero-order valence-electron chi connectivity index (χ0n) is 28.1. The zero-order valence-corrected chi connectivity index (χ0v) is 28.1. The normalized spacial score (nSPS) is 11.7. The molecule has 1 rings (SSSR count). The van der Waals surface area contributed by atoms with Crippen molar-refractivity contribution >= 4 is 0 Å². The lowest BCUT2D eigenvalue weighted by Gasteiger charge is -2.05. The standard InChI is InChI=1S/C38H74N2/c1-4-5-6-7-8-9-10-11-16-19-22-25-28-31-35-40-36-34-39-38(40)33-30-27-24-21-18-15-13-12-14-17-20-23-26-29-32-37(2)3/h34,36-37H,4-33,35H2,1-3H3/p+1. The van der Waals surface area contributed by atoms with Gasteiger partial charge < -0.3 is 0 Å². The number of hydrogen-bond donors (Lipinski definition) is 1. The molecule has 236 valence electrons. The molecule has 0 aromatic carbocycles. The molecule has 0 spiro atoms. The average Bonchev–Trinajstić information content (AvgIpc) is 3.40. The van der Waals surface area contributed by atoms with Crippen molar-refractivity contribution in [1.82, 2.24) is 4.98 Å². The highest BCUT2D eigenvalue weighted by atomic mass is 15.1. The number of unbranched alkanes of at least 4 members (excludes halogenated alkanes) is 26. The Kier molecular flexibility index (Phi) is 27.6. The van der Waals surface area contributed by atoms with Gasteiger partial charge in [-0.05, 0) is 25.2 Å². The molecule has 0 saturated heterocycles. The summed E-state index contributed by atoms with van der Waals surface area (Å²) < 4.78 is 2.49. The molecule has 2 nitrogen and oxygen atoms in total. The molecule has 0 radical (unpaired) electrons. The van der Waals surface area contributed by atoms with Crippen molar-refractivity contribution in [3.63, 3.8) is 0 Å². The summed E-state index contributed by atoms with van der Waals surface area (Å²) in [5.74, 6) is 2.34. The van der Waals surface area contributed by atoms with Gasteiger partial charge in [-0.15, -0.1) is 0 Å². The van der Waals surface area contributed by atoms with E-state index in [1.165, 1.54) is 205 Å². The van der Waals surface area contributed by atoms with Crippen LogP contribution < -0.4 is 4.57 Å². The lowest BCUT2D eigenvalue weighted by molar-refractivity contribution is -0.703. The molecule has 1 aromatic heterocycles. The summed E-state index contributed by atoms with van der Waals surface area (Å²) in [4.78, 5) is 3.52. The smallest absolute Gasteiger partial charge is 0.248 e. The lowest BCUT2D eigenvalue weighted by Crippen LogP contribution is -2.36. The third-order valence-electron chi connectivity index (χ3n) is 9.05. The molecular weight excluding hydrogens is 484 g/mol. The van der Waals surface area contributed by atoms with Crippen LogP contribution in [-0.2, 0) is 13.0 Å². The molecule has 1 aromatic rings. The predicted molar refractivity (Wildman–Crippen MR) is 179 cm³/mol. The molecule has 0 amide bonds. The maximum Gasteiger partial charge on any atom is 0.254 e. The molecule has 0 aliphatic carbocycles. The van der Waals surface area contributed by atoms with Gasteiger partial charge in [0, 0.05) is 6.42 Å². The lowest BCUT2D eigenvalue weighted by atomic mass is 10.0. The van der Waals surface area contributed by atoms with Crippen molar-refractivity contribution < 1.29 is 4.57 Å². The number of aryl methyl sites for hydroxylation is 2. The van der Waals surface area contributed by atoms with Gasteiger partial charge in [-0.3, -0.25) is 0 Å². The van der Waals surface area contributed by atoms with Gasteiger partial charge in [0.2, 0.25) is 0 Å². The first-order valence-corrected chi connectivity index (χ1v) is 18.8. The number of imidazole rings is 1. The summed E-state index contributed by atoms with van der Waals surface area (Å²) in [5, 5.41) is 0. The predicted octanol–water partition coefficient (Wildman–Crippen LogP) is 12.8. The molecule has 2 heteroatoms. The van der Waals surface area contributed by atoms with Crippen LogP contribution in [-0.4, -0.2) is 4.98 Å². The number of aromatic nitrogens is 2. The maximum absolute atomic E-state index is 3.52. The highest BCUT2D eigenvalue weighted by Gasteiger charge is 2.09. The number of nitrogens with one attached hydrogen (secondary N) is 1. The Labute approximate surface area is 253 Å². The SMILES string of the molecule is CCCCCCCCCCCCCCCC[n+]1cc[nH]c1CCCCCCCCCCCCCCCCC(C)C. The monoisotopic (exact) mass is 560 g/mol. The van der Waals surface area contributed by atoms with E-state index in [9.17, 15) is 0 Å². The Balaban J connectivity index is 1.83. The van der Waals surface area contributed by atoms with E-state index in [-0.39, 0.29) is 0 Å².